The zero-order chi connectivity index (χ0) is 3.41. The fourth-order valence-electron chi connectivity index (χ4n) is 0. The van der Waals surface area contributed by atoms with Crippen LogP contribution in [0, 0.1) is 7.05 Å². The molecule has 1 amide bonds. The quantitative estimate of drug-likeness (QED) is 0.289. The first-order chi connectivity index (χ1) is 1.91. The zero-order valence-electron chi connectivity index (χ0n) is 2.27. The lowest BCUT2D eigenvalue weighted by Gasteiger charge is -1.69. The van der Waals surface area contributed by atoms with E-state index in [-0.39, 0.29) is 0 Å². The Morgan fingerprint density at radius 3 is 2.25 bits per heavy atom. The monoisotopic (exact) mass is 59.0 g/mol. The predicted octanol–water partition coefficient (Wildman–Crippen LogP) is -1.50. The standard InChI is InChI=1S/C2H5NO/c1-3-2-4/h2H,1,3H2. The van der Waals surface area contributed by atoms with Gasteiger partial charge in [-0.25, -0.2) is 4.79 Å². The van der Waals surface area contributed by atoms with Crippen molar-refractivity contribution in [1.29, 1.82) is 0 Å². The van der Waals surface area contributed by atoms with Crippen LogP contribution in [0.5, 0.6) is 0 Å². The molecule has 0 saturated carbocycles. The summed E-state index contributed by atoms with van der Waals surface area (Å²) in [6.07, 6.45) is 0.639. The summed E-state index contributed by atoms with van der Waals surface area (Å²) < 4.78 is 0. The minimum absolute atomic E-state index is 0.639. The maximum absolute atomic E-state index is 9.06. The molecule has 2 heteroatoms. The van der Waals surface area contributed by atoms with Gasteiger partial charge in [-0.2, -0.15) is 0 Å². The van der Waals surface area contributed by atoms with Crippen LogP contribution in [-0.4, -0.2) is 6.41 Å². The van der Waals surface area contributed by atoms with E-state index < -0.39 is 0 Å². The van der Waals surface area contributed by atoms with Gasteiger partial charge in [-0.1, -0.05) is 0 Å². The van der Waals surface area contributed by atoms with Gasteiger partial charge in [0.05, 0.1) is 0 Å². The highest BCUT2D eigenvalue weighted by molar-refractivity contribution is 5.31. The number of hydrogen-bond donors (Lipinski definition) is 1. The van der Waals surface area contributed by atoms with Gasteiger partial charge in [-0.3, -0.25) is 0 Å². The van der Waals surface area contributed by atoms with Gasteiger partial charge >= 0.3 is 0 Å². The fourth-order valence-corrected chi connectivity index (χ4v) is 0. The number of carbonyl (C=O) groups excluding carboxylic acids is 1. The van der Waals surface area contributed by atoms with Gasteiger partial charge < -0.3 is 5.32 Å². The van der Waals surface area contributed by atoms with Crippen molar-refractivity contribution in [3.05, 3.63) is 7.05 Å². The second kappa shape index (κ2) is 2.63. The molecule has 0 aromatic rings. The summed E-state index contributed by atoms with van der Waals surface area (Å²) >= 11 is 0. The van der Waals surface area contributed by atoms with E-state index in [2.05, 4.69) is 7.05 Å². The number of hydrogen-bond acceptors (Lipinski definition) is 1. The highest BCUT2D eigenvalue weighted by Crippen LogP contribution is 0.866. The Labute approximate surface area is 24.8 Å². The van der Waals surface area contributed by atoms with E-state index in [0.29, 0.717) is 6.41 Å². The molecule has 24 valence electrons. The molecule has 0 radical (unpaired) electrons. The second-order valence-corrected chi connectivity index (χ2v) is 0.372. The van der Waals surface area contributed by atoms with Crippen LogP contribution < -0.4 is 5.32 Å². The largest absolute Gasteiger partial charge is 0.418 e. The molecule has 0 heterocycles. The molecule has 0 fully saturated rings. The topological polar surface area (TPSA) is 33.7 Å². The average Bonchev–Trinajstić information content (AvgIpc) is 1.37. The van der Waals surface area contributed by atoms with Crippen LogP contribution in [0.25, 0.3) is 0 Å². The second-order valence-electron chi connectivity index (χ2n) is 0.372. The van der Waals surface area contributed by atoms with Crippen molar-refractivity contribution >= 4 is 6.41 Å². The maximum atomic E-state index is 9.06. The number of quaternary nitrogens is 1. The summed E-state index contributed by atoms with van der Waals surface area (Å²) in [5.41, 5.74) is 0. The molecule has 2 nitrogen and oxygen atoms in total. The van der Waals surface area contributed by atoms with Crippen LogP contribution in [0.1, 0.15) is 0 Å². The van der Waals surface area contributed by atoms with E-state index in [1.54, 1.807) is 0 Å². The van der Waals surface area contributed by atoms with Crippen molar-refractivity contribution in [3.8, 4) is 0 Å². The maximum Gasteiger partial charge on any atom is 0.272 e. The molecule has 0 atom stereocenters. The van der Waals surface area contributed by atoms with Crippen molar-refractivity contribution in [3.63, 3.8) is 0 Å². The number of nitrogens with two attached hydrogens (primary N) is 1. The highest BCUT2D eigenvalue weighted by atomic mass is 16.1. The van der Waals surface area contributed by atoms with Crippen LogP contribution in [0.2, 0.25) is 0 Å². The minimum Gasteiger partial charge on any atom is -0.418 e. The molecule has 0 rings (SSSR count). The molecule has 0 aliphatic rings. The predicted molar refractivity (Wildman–Crippen MR) is 13.3 cm³/mol. The van der Waals surface area contributed by atoms with Crippen molar-refractivity contribution < 1.29 is 10.1 Å². The third kappa shape index (κ3) is 1.63. The van der Waals surface area contributed by atoms with Crippen molar-refractivity contribution in [2.24, 2.45) is 0 Å². The molecule has 0 aliphatic carbocycles. The first kappa shape index (κ1) is 3.63. The lowest BCUT2D eigenvalue weighted by atomic mass is 11.2. The smallest absolute Gasteiger partial charge is 0.272 e. The number of amides is 1. The van der Waals surface area contributed by atoms with E-state index in [1.807, 2.05) is 0 Å². The Hall–Kier alpha value is -0.370. The van der Waals surface area contributed by atoms with Crippen LogP contribution in [-0.2, 0) is 4.79 Å². The van der Waals surface area contributed by atoms with Crippen molar-refractivity contribution in [2.75, 3.05) is 0 Å². The first-order valence-electron chi connectivity index (χ1n) is 0.977. The summed E-state index contributed by atoms with van der Waals surface area (Å²) in [5, 5.41) is 1.19. The van der Waals surface area contributed by atoms with Gasteiger partial charge in [0.25, 0.3) is 6.41 Å². The van der Waals surface area contributed by atoms with Gasteiger partial charge in [0.1, 0.15) is 0 Å². The van der Waals surface area contributed by atoms with Crippen molar-refractivity contribution in [2.45, 2.75) is 0 Å². The molecule has 2 N–H and O–H groups in total. The van der Waals surface area contributed by atoms with E-state index in [0.717, 1.165) is 0 Å². The lowest BCUT2D eigenvalue weighted by molar-refractivity contribution is -0.491. The molecule has 0 spiro atoms. The van der Waals surface area contributed by atoms with E-state index >= 15 is 0 Å². The third-order valence-electron chi connectivity index (χ3n) is 0.0962. The van der Waals surface area contributed by atoms with Gasteiger partial charge in [-0.05, 0) is 0 Å². The molecule has 0 aromatic carbocycles. The summed E-state index contributed by atoms with van der Waals surface area (Å²) in [4.78, 5) is 9.06. The van der Waals surface area contributed by atoms with Gasteiger partial charge in [-0.15, -0.1) is 7.05 Å². The molecule has 0 saturated heterocycles. The molecular formula is C2H5NO. The number of carbonyl (C=O) groups is 1. The van der Waals surface area contributed by atoms with Crippen LogP contribution >= 0.6 is 0 Å². The highest BCUT2D eigenvalue weighted by Gasteiger charge is 1.42. The zero-order valence-corrected chi connectivity index (χ0v) is 2.27. The molecule has 0 aliphatic heterocycles. The van der Waals surface area contributed by atoms with Gasteiger partial charge in [0, 0.05) is 0 Å². The van der Waals surface area contributed by atoms with Crippen LogP contribution in [0.15, 0.2) is 0 Å². The Balaban J connectivity index is 2.30. The van der Waals surface area contributed by atoms with E-state index in [9.17, 15) is 0 Å². The average molecular weight is 59.1 g/mol. The van der Waals surface area contributed by atoms with E-state index in [4.69, 9.17) is 4.79 Å². The number of primary amides is 1. The Kier molecular flexibility index (Phi) is 2.39. The summed E-state index contributed by atoms with van der Waals surface area (Å²) in [6, 6.07) is 0. The Bertz CT molecular complexity index is 20.0. The van der Waals surface area contributed by atoms with Gasteiger partial charge in [0.15, 0.2) is 0 Å². The Morgan fingerprint density at radius 2 is 2.25 bits per heavy atom. The summed E-state index contributed by atoms with van der Waals surface area (Å²) in [7, 11) is 3.11. The summed E-state index contributed by atoms with van der Waals surface area (Å²) in [5.74, 6) is 0. The first-order valence-corrected chi connectivity index (χ1v) is 0.977. The normalized spacial score (nSPS) is 6.25. The van der Waals surface area contributed by atoms with Crippen LogP contribution in [0.3, 0.4) is 0 Å². The fraction of sp³-hybridized carbons (Fsp3) is 0. The molecule has 0 bridgehead atoms. The lowest BCUT2D eigenvalue weighted by Crippen LogP contribution is -2.74. The molecule has 0 unspecified atom stereocenters. The number of rotatable bonds is 1. The SMILES string of the molecule is [CH2-][NH2+]C=O. The summed E-state index contributed by atoms with van der Waals surface area (Å²) in [6.45, 7) is 0. The third-order valence-corrected chi connectivity index (χ3v) is 0.0962. The van der Waals surface area contributed by atoms with Crippen LogP contribution in [0.4, 0.5) is 0 Å². The van der Waals surface area contributed by atoms with Crippen molar-refractivity contribution in [1.82, 2.24) is 0 Å². The van der Waals surface area contributed by atoms with E-state index in [1.165, 1.54) is 5.32 Å². The molecule has 4 heavy (non-hydrogen) atoms. The molecular weight excluding hydrogens is 54.0 g/mol. The Morgan fingerprint density at radius 1 is 2.00 bits per heavy atom. The molecule has 0 aromatic heterocycles. The van der Waals surface area contributed by atoms with Gasteiger partial charge in [0.2, 0.25) is 0 Å². The minimum atomic E-state index is 0.639.